The smallest absolute Gasteiger partial charge is 0.201 e. The number of sulfone groups is 1. The van der Waals surface area contributed by atoms with Gasteiger partial charge in [0.25, 0.3) is 0 Å². The van der Waals surface area contributed by atoms with Crippen LogP contribution in [0.3, 0.4) is 0 Å². The number of hydrogen-bond acceptors (Lipinski definition) is 5. The molecule has 0 aliphatic rings. The van der Waals surface area contributed by atoms with Crippen molar-refractivity contribution in [2.24, 2.45) is 0 Å². The van der Waals surface area contributed by atoms with Crippen molar-refractivity contribution in [1.82, 2.24) is 4.98 Å². The summed E-state index contributed by atoms with van der Waals surface area (Å²) >= 11 is 0. The second-order valence-corrected chi connectivity index (χ2v) is 6.02. The molecule has 0 radical (unpaired) electrons. The van der Waals surface area contributed by atoms with E-state index in [9.17, 15) is 12.8 Å². The molecule has 1 aromatic heterocycles. The van der Waals surface area contributed by atoms with E-state index in [1.165, 1.54) is 24.4 Å². The van der Waals surface area contributed by atoms with E-state index < -0.39 is 21.4 Å². The Morgan fingerprint density at radius 3 is 2.75 bits per heavy atom. The number of pyridine rings is 1. The third kappa shape index (κ3) is 2.92. The summed E-state index contributed by atoms with van der Waals surface area (Å²) in [5.41, 5.74) is 5.84. The molecule has 0 aliphatic heterocycles. The van der Waals surface area contributed by atoms with Crippen LogP contribution in [0.15, 0.2) is 41.6 Å². The SMILES string of the molecule is N#Cc1cc(F)cc(CS(=O)(=O)c2ncccc2N)c1. The molecule has 20 heavy (non-hydrogen) atoms. The molecule has 102 valence electrons. The average Bonchev–Trinajstić information content (AvgIpc) is 2.37. The van der Waals surface area contributed by atoms with Crippen LogP contribution in [0.25, 0.3) is 0 Å². The van der Waals surface area contributed by atoms with Crippen molar-refractivity contribution in [2.75, 3.05) is 5.73 Å². The molecule has 1 aromatic carbocycles. The maximum Gasteiger partial charge on any atom is 0.201 e. The van der Waals surface area contributed by atoms with Gasteiger partial charge >= 0.3 is 0 Å². The van der Waals surface area contributed by atoms with Crippen LogP contribution in [0.5, 0.6) is 0 Å². The molecule has 0 amide bonds. The molecule has 0 aliphatic carbocycles. The molecule has 7 heteroatoms. The summed E-state index contributed by atoms with van der Waals surface area (Å²) in [5.74, 6) is -1.14. The largest absolute Gasteiger partial charge is 0.396 e. The van der Waals surface area contributed by atoms with E-state index in [1.807, 2.05) is 0 Å². The number of benzene rings is 1. The molecule has 2 rings (SSSR count). The molecule has 0 unspecified atom stereocenters. The molecule has 0 bridgehead atoms. The Labute approximate surface area is 115 Å². The maximum absolute atomic E-state index is 13.3. The lowest BCUT2D eigenvalue weighted by Crippen LogP contribution is -2.10. The van der Waals surface area contributed by atoms with Gasteiger partial charge in [-0.1, -0.05) is 0 Å². The number of nitrogens with two attached hydrogens (primary N) is 1. The summed E-state index contributed by atoms with van der Waals surface area (Å²) in [6.45, 7) is 0. The maximum atomic E-state index is 13.3. The molecule has 2 aromatic rings. The number of nitrogen functional groups attached to an aromatic ring is 1. The quantitative estimate of drug-likeness (QED) is 0.927. The molecule has 2 N–H and O–H groups in total. The minimum atomic E-state index is -3.80. The number of hydrogen-bond donors (Lipinski definition) is 1. The van der Waals surface area contributed by atoms with Crippen molar-refractivity contribution >= 4 is 15.5 Å². The second kappa shape index (κ2) is 5.27. The van der Waals surface area contributed by atoms with Crippen LogP contribution in [0.1, 0.15) is 11.1 Å². The number of nitriles is 1. The van der Waals surface area contributed by atoms with Gasteiger partial charge < -0.3 is 5.73 Å². The Kier molecular flexibility index (Phi) is 3.68. The molecular weight excluding hydrogens is 281 g/mol. The van der Waals surface area contributed by atoms with Gasteiger partial charge in [-0.3, -0.25) is 0 Å². The zero-order chi connectivity index (χ0) is 14.8. The molecule has 1 heterocycles. The van der Waals surface area contributed by atoms with Gasteiger partial charge in [0.05, 0.1) is 23.1 Å². The summed E-state index contributed by atoms with van der Waals surface area (Å²) in [7, 11) is -3.80. The first-order valence-corrected chi connectivity index (χ1v) is 7.20. The Morgan fingerprint density at radius 2 is 2.10 bits per heavy atom. The normalized spacial score (nSPS) is 11.0. The molecule has 0 spiro atoms. The number of halogens is 1. The van der Waals surface area contributed by atoms with E-state index in [-0.39, 0.29) is 21.8 Å². The van der Waals surface area contributed by atoms with Gasteiger partial charge in [0.1, 0.15) is 5.82 Å². The Bertz CT molecular complexity index is 798. The average molecular weight is 291 g/mol. The predicted octanol–water partition coefficient (Wildman–Crippen LogP) is 1.65. The molecule has 0 atom stereocenters. The lowest BCUT2D eigenvalue weighted by Gasteiger charge is -2.06. The fourth-order valence-corrected chi connectivity index (χ4v) is 3.14. The van der Waals surface area contributed by atoms with Gasteiger partial charge in [-0.05, 0) is 35.9 Å². The molecule has 5 nitrogen and oxygen atoms in total. The highest BCUT2D eigenvalue weighted by Crippen LogP contribution is 2.20. The first-order valence-electron chi connectivity index (χ1n) is 5.55. The van der Waals surface area contributed by atoms with Gasteiger partial charge in [0, 0.05) is 6.20 Å². The topological polar surface area (TPSA) is 96.8 Å². The summed E-state index contributed by atoms with van der Waals surface area (Å²) < 4.78 is 37.7. The molecule has 0 saturated carbocycles. The van der Waals surface area contributed by atoms with Crippen LogP contribution >= 0.6 is 0 Å². The lowest BCUT2D eigenvalue weighted by atomic mass is 10.1. The molecule has 0 fully saturated rings. The van der Waals surface area contributed by atoms with E-state index in [0.29, 0.717) is 0 Å². The van der Waals surface area contributed by atoms with E-state index in [1.54, 1.807) is 6.07 Å². The van der Waals surface area contributed by atoms with Crippen LogP contribution in [0, 0.1) is 17.1 Å². The lowest BCUT2D eigenvalue weighted by molar-refractivity contribution is 0.591. The summed E-state index contributed by atoms with van der Waals surface area (Å²) in [6.07, 6.45) is 1.32. The zero-order valence-electron chi connectivity index (χ0n) is 10.2. The number of rotatable bonds is 3. The monoisotopic (exact) mass is 291 g/mol. The number of aromatic nitrogens is 1. The fraction of sp³-hybridized carbons (Fsp3) is 0.0769. The van der Waals surface area contributed by atoms with Crippen LogP contribution in [0.2, 0.25) is 0 Å². The van der Waals surface area contributed by atoms with Crippen molar-refractivity contribution in [3.05, 3.63) is 53.5 Å². The minimum Gasteiger partial charge on any atom is -0.396 e. The Hall–Kier alpha value is -2.46. The van der Waals surface area contributed by atoms with E-state index in [2.05, 4.69) is 4.98 Å². The highest BCUT2D eigenvalue weighted by Gasteiger charge is 2.20. The van der Waals surface area contributed by atoms with Crippen molar-refractivity contribution in [2.45, 2.75) is 10.8 Å². The van der Waals surface area contributed by atoms with E-state index >= 15 is 0 Å². The standard InChI is InChI=1S/C13H10FN3O2S/c14-11-5-9(7-15)4-10(6-11)8-20(18,19)13-12(16)2-1-3-17-13/h1-6H,8,16H2. The summed E-state index contributed by atoms with van der Waals surface area (Å²) in [6, 6.07) is 8.13. The van der Waals surface area contributed by atoms with E-state index in [4.69, 9.17) is 11.0 Å². The fourth-order valence-electron chi connectivity index (χ4n) is 1.75. The predicted molar refractivity (Wildman–Crippen MR) is 70.7 cm³/mol. The van der Waals surface area contributed by atoms with Gasteiger partial charge in [0.15, 0.2) is 5.03 Å². The molecular formula is C13H10FN3O2S. The van der Waals surface area contributed by atoms with Crippen LogP contribution in [0.4, 0.5) is 10.1 Å². The Balaban J connectivity index is 2.42. The van der Waals surface area contributed by atoms with Gasteiger partial charge in [-0.2, -0.15) is 5.26 Å². The second-order valence-electron chi connectivity index (χ2n) is 4.12. The van der Waals surface area contributed by atoms with Crippen LogP contribution < -0.4 is 5.73 Å². The van der Waals surface area contributed by atoms with Crippen LogP contribution in [-0.2, 0) is 15.6 Å². The van der Waals surface area contributed by atoms with Gasteiger partial charge in [0.2, 0.25) is 9.84 Å². The third-order valence-electron chi connectivity index (χ3n) is 2.54. The van der Waals surface area contributed by atoms with Crippen molar-refractivity contribution in [3.8, 4) is 6.07 Å². The first-order chi connectivity index (χ1) is 9.42. The van der Waals surface area contributed by atoms with Gasteiger partial charge in [-0.15, -0.1) is 0 Å². The third-order valence-corrected chi connectivity index (χ3v) is 4.18. The van der Waals surface area contributed by atoms with Crippen LogP contribution in [-0.4, -0.2) is 13.4 Å². The number of nitrogens with zero attached hydrogens (tertiary/aromatic N) is 2. The van der Waals surface area contributed by atoms with Crippen molar-refractivity contribution < 1.29 is 12.8 Å². The van der Waals surface area contributed by atoms with E-state index in [0.717, 1.165) is 12.1 Å². The minimum absolute atomic E-state index is 0.0319. The number of anilines is 1. The van der Waals surface area contributed by atoms with Gasteiger partial charge in [-0.25, -0.2) is 17.8 Å². The Morgan fingerprint density at radius 1 is 1.35 bits per heavy atom. The summed E-state index contributed by atoms with van der Waals surface area (Å²) in [5, 5.41) is 8.50. The van der Waals surface area contributed by atoms with Crippen molar-refractivity contribution in [1.29, 1.82) is 5.26 Å². The highest BCUT2D eigenvalue weighted by molar-refractivity contribution is 7.90. The van der Waals surface area contributed by atoms with Crippen molar-refractivity contribution in [3.63, 3.8) is 0 Å². The highest BCUT2D eigenvalue weighted by atomic mass is 32.2. The first kappa shape index (κ1) is 14.0. The summed E-state index contributed by atoms with van der Waals surface area (Å²) in [4.78, 5) is 3.74. The molecule has 0 saturated heterocycles. The zero-order valence-corrected chi connectivity index (χ0v) is 11.1.